The second-order valence-electron chi connectivity index (χ2n) is 9.82. The van der Waals surface area contributed by atoms with E-state index in [2.05, 4.69) is 27.7 Å². The molecule has 0 amide bonds. The molecule has 4 aliphatic carbocycles. The van der Waals surface area contributed by atoms with Gasteiger partial charge in [-0.2, -0.15) is 0 Å². The molecule has 0 spiro atoms. The third-order valence-electron chi connectivity index (χ3n) is 7.83. The van der Waals surface area contributed by atoms with Crippen molar-refractivity contribution in [1.82, 2.24) is 0 Å². The highest BCUT2D eigenvalue weighted by Crippen LogP contribution is 2.62. The summed E-state index contributed by atoms with van der Waals surface area (Å²) in [5.41, 5.74) is -0.552. The fourth-order valence-electron chi connectivity index (χ4n) is 5.89. The quantitative estimate of drug-likeness (QED) is 0.629. The van der Waals surface area contributed by atoms with Gasteiger partial charge < -0.3 is 4.74 Å². The number of hydrogen-bond acceptors (Lipinski definition) is 2. The summed E-state index contributed by atoms with van der Waals surface area (Å²) in [7, 11) is 0. The summed E-state index contributed by atoms with van der Waals surface area (Å²) in [4.78, 5) is 13.0. The van der Waals surface area contributed by atoms with E-state index in [1.54, 1.807) is 0 Å². The predicted octanol–water partition coefficient (Wildman–Crippen LogP) is 5.45. The molecule has 2 heteroatoms. The van der Waals surface area contributed by atoms with Crippen molar-refractivity contribution in [3.05, 3.63) is 0 Å². The van der Waals surface area contributed by atoms with Gasteiger partial charge in [-0.25, -0.2) is 0 Å². The highest BCUT2D eigenvalue weighted by molar-refractivity contribution is 5.76. The third-order valence-corrected chi connectivity index (χ3v) is 7.83. The Hall–Kier alpha value is -0.530. The summed E-state index contributed by atoms with van der Waals surface area (Å²) in [6.45, 7) is 13.1. The Morgan fingerprint density at radius 3 is 1.91 bits per heavy atom. The summed E-state index contributed by atoms with van der Waals surface area (Å²) in [5, 5.41) is 0. The van der Waals surface area contributed by atoms with Crippen molar-refractivity contribution in [2.75, 3.05) is 0 Å². The molecule has 4 rings (SSSR count). The lowest BCUT2D eigenvalue weighted by atomic mass is 9.46. The fraction of sp³-hybridized carbons (Fsp3) is 0.952. The number of carbonyl (C=O) groups excluding carboxylic acids is 1. The average Bonchev–Trinajstić information content (AvgIpc) is 2.49. The second kappa shape index (κ2) is 5.77. The van der Waals surface area contributed by atoms with Crippen LogP contribution in [0.5, 0.6) is 0 Å². The van der Waals surface area contributed by atoms with Gasteiger partial charge in [0.05, 0.1) is 5.41 Å². The number of rotatable bonds is 5. The molecule has 0 aromatic rings. The zero-order chi connectivity index (χ0) is 17.0. The molecule has 0 aliphatic heterocycles. The van der Waals surface area contributed by atoms with Gasteiger partial charge in [0.15, 0.2) is 0 Å². The van der Waals surface area contributed by atoms with Gasteiger partial charge in [0, 0.05) is 0 Å². The summed E-state index contributed by atoms with van der Waals surface area (Å²) in [6.07, 6.45) is 7.47. The van der Waals surface area contributed by atoms with Gasteiger partial charge in [-0.3, -0.25) is 4.79 Å². The van der Waals surface area contributed by atoms with E-state index in [1.165, 1.54) is 32.1 Å². The van der Waals surface area contributed by atoms with Crippen LogP contribution in [0, 0.1) is 40.9 Å². The molecule has 4 fully saturated rings. The lowest BCUT2D eigenvalue weighted by Crippen LogP contribution is -2.64. The highest BCUT2D eigenvalue weighted by Gasteiger charge is 2.62. The second-order valence-corrected chi connectivity index (χ2v) is 9.82. The van der Waals surface area contributed by atoms with Crippen LogP contribution in [0.15, 0.2) is 0 Å². The lowest BCUT2D eigenvalue weighted by Gasteiger charge is -2.63. The van der Waals surface area contributed by atoms with Crippen LogP contribution in [0.2, 0.25) is 0 Å². The standard InChI is InChI=1S/C21H36O2/c1-7-20(5,6)19(22)23-21(14(4)13(2)3)17-9-15-8-16(11-17)12-18(21)10-15/h13-18H,7-12H2,1-6H3. The van der Waals surface area contributed by atoms with Gasteiger partial charge in [-0.05, 0) is 87.9 Å². The first kappa shape index (κ1) is 17.3. The molecule has 0 aromatic heterocycles. The van der Waals surface area contributed by atoms with Crippen molar-refractivity contribution in [3.63, 3.8) is 0 Å². The smallest absolute Gasteiger partial charge is 0.312 e. The van der Waals surface area contributed by atoms with Gasteiger partial charge in [0.1, 0.15) is 5.60 Å². The Labute approximate surface area is 142 Å². The minimum atomic E-state index is -0.363. The van der Waals surface area contributed by atoms with E-state index in [0.717, 1.165) is 18.3 Å². The maximum Gasteiger partial charge on any atom is 0.312 e. The van der Waals surface area contributed by atoms with Crippen LogP contribution in [0.4, 0.5) is 0 Å². The predicted molar refractivity (Wildman–Crippen MR) is 93.9 cm³/mol. The fourth-order valence-corrected chi connectivity index (χ4v) is 5.89. The van der Waals surface area contributed by atoms with E-state index in [4.69, 9.17) is 4.74 Å². The largest absolute Gasteiger partial charge is 0.458 e. The molecule has 0 heterocycles. The molecule has 4 bridgehead atoms. The van der Waals surface area contributed by atoms with Crippen LogP contribution in [-0.4, -0.2) is 11.6 Å². The van der Waals surface area contributed by atoms with Crippen LogP contribution in [0.3, 0.4) is 0 Å². The van der Waals surface area contributed by atoms with Crippen molar-refractivity contribution >= 4 is 5.97 Å². The van der Waals surface area contributed by atoms with E-state index >= 15 is 0 Å². The lowest BCUT2D eigenvalue weighted by molar-refractivity contribution is -0.238. The molecular weight excluding hydrogens is 284 g/mol. The number of hydrogen-bond donors (Lipinski definition) is 0. The van der Waals surface area contributed by atoms with Gasteiger partial charge >= 0.3 is 5.97 Å². The number of carbonyl (C=O) groups is 1. The van der Waals surface area contributed by atoms with Gasteiger partial charge in [-0.15, -0.1) is 0 Å². The number of esters is 1. The van der Waals surface area contributed by atoms with Crippen molar-refractivity contribution in [2.45, 2.75) is 85.7 Å². The monoisotopic (exact) mass is 320 g/mol. The molecule has 132 valence electrons. The summed E-state index contributed by atoms with van der Waals surface area (Å²) in [6, 6.07) is 0. The SMILES string of the molecule is CCC(C)(C)C(=O)OC1(C(C)C(C)C)C2CC3CC(C2)CC1C3. The molecule has 0 radical (unpaired) electrons. The zero-order valence-electron chi connectivity index (χ0n) is 16.0. The molecule has 4 aliphatic rings. The van der Waals surface area contributed by atoms with Crippen molar-refractivity contribution in [1.29, 1.82) is 0 Å². The van der Waals surface area contributed by atoms with E-state index in [1.807, 2.05) is 13.8 Å². The summed E-state index contributed by atoms with van der Waals surface area (Å²) >= 11 is 0. The van der Waals surface area contributed by atoms with Gasteiger partial charge in [0.2, 0.25) is 0 Å². The minimum Gasteiger partial charge on any atom is -0.458 e. The molecule has 23 heavy (non-hydrogen) atoms. The summed E-state index contributed by atoms with van der Waals surface area (Å²) < 4.78 is 6.55. The number of ether oxygens (including phenoxy) is 1. The Morgan fingerprint density at radius 2 is 1.52 bits per heavy atom. The highest BCUT2D eigenvalue weighted by atomic mass is 16.6. The molecule has 0 aromatic carbocycles. The summed E-state index contributed by atoms with van der Waals surface area (Å²) in [5.74, 6) is 4.07. The van der Waals surface area contributed by atoms with E-state index in [-0.39, 0.29) is 17.0 Å². The van der Waals surface area contributed by atoms with Crippen LogP contribution in [0.1, 0.15) is 80.1 Å². The minimum absolute atomic E-state index is 0.0416. The first-order valence-corrected chi connectivity index (χ1v) is 9.94. The first-order valence-electron chi connectivity index (χ1n) is 9.94. The molecule has 0 saturated heterocycles. The molecule has 0 N–H and O–H groups in total. The Bertz CT molecular complexity index is 434. The van der Waals surface area contributed by atoms with Crippen LogP contribution in [-0.2, 0) is 9.53 Å². The first-order chi connectivity index (χ1) is 10.7. The zero-order valence-corrected chi connectivity index (χ0v) is 16.0. The third kappa shape index (κ3) is 2.65. The molecule has 1 unspecified atom stereocenters. The van der Waals surface area contributed by atoms with Crippen molar-refractivity contribution < 1.29 is 9.53 Å². The maximum absolute atomic E-state index is 13.0. The van der Waals surface area contributed by atoms with Crippen molar-refractivity contribution in [3.8, 4) is 0 Å². The molecule has 2 nitrogen and oxygen atoms in total. The maximum atomic E-state index is 13.0. The average molecular weight is 321 g/mol. The van der Waals surface area contributed by atoms with E-state index in [0.29, 0.717) is 23.7 Å². The van der Waals surface area contributed by atoms with Crippen LogP contribution in [0.25, 0.3) is 0 Å². The Kier molecular flexibility index (Phi) is 4.34. The van der Waals surface area contributed by atoms with E-state index in [9.17, 15) is 4.79 Å². The van der Waals surface area contributed by atoms with Crippen LogP contribution < -0.4 is 0 Å². The Morgan fingerprint density at radius 1 is 1.04 bits per heavy atom. The van der Waals surface area contributed by atoms with E-state index < -0.39 is 0 Å². The normalized spacial score (nSPS) is 40.5. The van der Waals surface area contributed by atoms with Gasteiger partial charge in [0.25, 0.3) is 0 Å². The van der Waals surface area contributed by atoms with Crippen molar-refractivity contribution in [2.24, 2.45) is 40.9 Å². The topological polar surface area (TPSA) is 26.3 Å². The Balaban J connectivity index is 1.94. The van der Waals surface area contributed by atoms with Crippen LogP contribution >= 0.6 is 0 Å². The van der Waals surface area contributed by atoms with Gasteiger partial charge in [-0.1, -0.05) is 27.7 Å². The molecule has 4 saturated carbocycles. The molecule has 1 atom stereocenters. The molecular formula is C21H36O2.